The van der Waals surface area contributed by atoms with Crippen LogP contribution < -0.4 is 0 Å². The molecule has 0 amide bonds. The van der Waals surface area contributed by atoms with E-state index in [0.717, 1.165) is 0 Å². The molecule has 0 N–H and O–H groups in total. The van der Waals surface area contributed by atoms with Gasteiger partial charge in [-0.25, -0.2) is 0 Å². The smallest absolute Gasteiger partial charge is 0.292 e. The first-order valence-corrected chi connectivity index (χ1v) is 3.36. The number of hydrogen-bond acceptors (Lipinski definition) is 2. The molecule has 0 unspecified atom stereocenters. The summed E-state index contributed by atoms with van der Waals surface area (Å²) in [5, 5.41) is 8.00. The standard InChI is InChI=1S/C7H7NO.C2H6/c1-3-5-7(4-2)9-6-8;1-2/h3-5H,1-2H2;1-2H3/b7-5+;. The minimum absolute atomic E-state index is 0.410. The van der Waals surface area contributed by atoms with Gasteiger partial charge in [-0.15, -0.1) is 5.26 Å². The van der Waals surface area contributed by atoms with Gasteiger partial charge in [0, 0.05) is 0 Å². The molecular formula is C9H13NO. The average Bonchev–Trinajstić information content (AvgIpc) is 2.08. The quantitative estimate of drug-likeness (QED) is 0.353. The van der Waals surface area contributed by atoms with Crippen molar-refractivity contribution in [2.24, 2.45) is 0 Å². The SMILES string of the molecule is C=C/C=C(\C=C)OC#N.CC. The van der Waals surface area contributed by atoms with Crippen LogP contribution in [0.2, 0.25) is 0 Å². The Kier molecular flexibility index (Phi) is 12.6. The van der Waals surface area contributed by atoms with E-state index in [1.807, 2.05) is 13.8 Å². The van der Waals surface area contributed by atoms with Gasteiger partial charge >= 0.3 is 0 Å². The van der Waals surface area contributed by atoms with Gasteiger partial charge in [0.2, 0.25) is 0 Å². The van der Waals surface area contributed by atoms with Gasteiger partial charge in [0.15, 0.2) is 0 Å². The van der Waals surface area contributed by atoms with E-state index in [9.17, 15) is 0 Å². The summed E-state index contributed by atoms with van der Waals surface area (Å²) in [6, 6.07) is 0. The molecule has 0 aromatic heterocycles. The predicted octanol–water partition coefficient (Wildman–Crippen LogP) is 2.77. The monoisotopic (exact) mass is 151 g/mol. The lowest BCUT2D eigenvalue weighted by molar-refractivity contribution is 0.393. The number of nitrogens with zero attached hydrogens (tertiary/aromatic N) is 1. The van der Waals surface area contributed by atoms with Gasteiger partial charge in [0.1, 0.15) is 5.76 Å². The molecule has 0 bridgehead atoms. The van der Waals surface area contributed by atoms with Crippen molar-refractivity contribution < 1.29 is 4.74 Å². The molecule has 60 valence electrons. The van der Waals surface area contributed by atoms with Gasteiger partial charge in [0.25, 0.3) is 6.26 Å². The lowest BCUT2D eigenvalue weighted by Gasteiger charge is -1.89. The maximum atomic E-state index is 8.00. The van der Waals surface area contributed by atoms with Gasteiger partial charge in [-0.1, -0.05) is 33.1 Å². The first kappa shape index (κ1) is 12.2. The van der Waals surface area contributed by atoms with Crippen LogP contribution in [0.25, 0.3) is 0 Å². The van der Waals surface area contributed by atoms with Crippen LogP contribution in [0.4, 0.5) is 0 Å². The van der Waals surface area contributed by atoms with Crippen LogP contribution in [0.1, 0.15) is 13.8 Å². The fourth-order valence-electron chi connectivity index (χ4n) is 0.313. The summed E-state index contributed by atoms with van der Waals surface area (Å²) in [7, 11) is 0. The fourth-order valence-corrected chi connectivity index (χ4v) is 0.313. The Hall–Kier alpha value is -1.49. The molecule has 0 aromatic carbocycles. The molecule has 2 heteroatoms. The minimum Gasteiger partial charge on any atom is -0.388 e. The molecule has 0 aliphatic carbocycles. The molecule has 0 aliphatic rings. The largest absolute Gasteiger partial charge is 0.388 e. The topological polar surface area (TPSA) is 33.0 Å². The molecule has 0 atom stereocenters. The molecule has 0 spiro atoms. The molecule has 0 rings (SSSR count). The highest BCUT2D eigenvalue weighted by atomic mass is 16.5. The summed E-state index contributed by atoms with van der Waals surface area (Å²) >= 11 is 0. The zero-order valence-corrected chi connectivity index (χ0v) is 7.00. The summed E-state index contributed by atoms with van der Waals surface area (Å²) in [4.78, 5) is 0. The fraction of sp³-hybridized carbons (Fsp3) is 0.222. The Balaban J connectivity index is 0. The van der Waals surface area contributed by atoms with E-state index in [-0.39, 0.29) is 0 Å². The van der Waals surface area contributed by atoms with Crippen LogP contribution in [0, 0.1) is 11.5 Å². The summed E-state index contributed by atoms with van der Waals surface area (Å²) in [6.07, 6.45) is 6.03. The minimum atomic E-state index is 0.410. The van der Waals surface area contributed by atoms with Crippen LogP contribution in [0.3, 0.4) is 0 Å². The van der Waals surface area contributed by atoms with Gasteiger partial charge in [-0.2, -0.15) is 0 Å². The molecule has 0 saturated heterocycles. The average molecular weight is 151 g/mol. The van der Waals surface area contributed by atoms with Crippen molar-refractivity contribution in [3.63, 3.8) is 0 Å². The molecule has 2 nitrogen and oxygen atoms in total. The van der Waals surface area contributed by atoms with E-state index in [4.69, 9.17) is 5.26 Å². The molecule has 0 aliphatic heterocycles. The van der Waals surface area contributed by atoms with Crippen LogP contribution in [-0.2, 0) is 4.74 Å². The van der Waals surface area contributed by atoms with Crippen molar-refractivity contribution in [2.75, 3.05) is 0 Å². The lowest BCUT2D eigenvalue weighted by Crippen LogP contribution is -1.76. The maximum absolute atomic E-state index is 8.00. The van der Waals surface area contributed by atoms with Gasteiger partial charge in [0.05, 0.1) is 0 Å². The number of ether oxygens (including phenoxy) is 1. The predicted molar refractivity (Wildman–Crippen MR) is 46.5 cm³/mol. The Morgan fingerprint density at radius 3 is 2.27 bits per heavy atom. The summed E-state index contributed by atoms with van der Waals surface area (Å²) < 4.78 is 4.41. The third kappa shape index (κ3) is 8.51. The molecule has 0 fully saturated rings. The van der Waals surface area contributed by atoms with Gasteiger partial charge < -0.3 is 4.74 Å². The summed E-state index contributed by atoms with van der Waals surface area (Å²) in [5.74, 6) is 0.410. The van der Waals surface area contributed by atoms with E-state index >= 15 is 0 Å². The Morgan fingerprint density at radius 2 is 2.00 bits per heavy atom. The van der Waals surface area contributed by atoms with Crippen molar-refractivity contribution in [3.8, 4) is 6.26 Å². The van der Waals surface area contributed by atoms with Crippen molar-refractivity contribution in [2.45, 2.75) is 13.8 Å². The second-order valence-corrected chi connectivity index (χ2v) is 1.20. The summed E-state index contributed by atoms with van der Waals surface area (Å²) in [5.41, 5.74) is 0. The first-order valence-electron chi connectivity index (χ1n) is 3.36. The first-order chi connectivity index (χ1) is 5.35. The maximum Gasteiger partial charge on any atom is 0.292 e. The highest BCUT2D eigenvalue weighted by Crippen LogP contribution is 1.95. The molecule has 0 radical (unpaired) electrons. The molecule has 0 saturated carbocycles. The van der Waals surface area contributed by atoms with Crippen LogP contribution in [0.15, 0.2) is 37.1 Å². The van der Waals surface area contributed by atoms with Crippen LogP contribution in [0.5, 0.6) is 0 Å². The zero-order valence-electron chi connectivity index (χ0n) is 7.00. The number of nitriles is 1. The van der Waals surface area contributed by atoms with Crippen molar-refractivity contribution in [1.82, 2.24) is 0 Å². The van der Waals surface area contributed by atoms with E-state index in [2.05, 4.69) is 17.9 Å². The van der Waals surface area contributed by atoms with Gasteiger partial charge in [-0.3, -0.25) is 0 Å². The van der Waals surface area contributed by atoms with Crippen molar-refractivity contribution >= 4 is 0 Å². The highest BCUT2D eigenvalue weighted by Gasteiger charge is 1.84. The second-order valence-electron chi connectivity index (χ2n) is 1.20. The molecule has 11 heavy (non-hydrogen) atoms. The Labute approximate surface area is 68.1 Å². The van der Waals surface area contributed by atoms with Crippen LogP contribution >= 0.6 is 0 Å². The lowest BCUT2D eigenvalue weighted by atomic mass is 10.4. The van der Waals surface area contributed by atoms with Crippen molar-refractivity contribution in [1.29, 1.82) is 5.26 Å². The normalized spacial score (nSPS) is 8.27. The van der Waals surface area contributed by atoms with E-state index in [1.54, 1.807) is 6.08 Å². The Morgan fingerprint density at radius 1 is 1.45 bits per heavy atom. The van der Waals surface area contributed by atoms with Gasteiger partial charge in [-0.05, 0) is 12.2 Å². The third-order valence-electron chi connectivity index (χ3n) is 0.647. The van der Waals surface area contributed by atoms with Crippen LogP contribution in [-0.4, -0.2) is 0 Å². The zero-order chi connectivity index (χ0) is 9.11. The molecule has 0 aromatic rings. The third-order valence-corrected chi connectivity index (χ3v) is 0.647. The number of hydrogen-bond donors (Lipinski definition) is 0. The number of allylic oxidation sites excluding steroid dienone is 3. The summed E-state index contributed by atoms with van der Waals surface area (Å²) in [6.45, 7) is 10.8. The van der Waals surface area contributed by atoms with E-state index in [0.29, 0.717) is 5.76 Å². The van der Waals surface area contributed by atoms with E-state index < -0.39 is 0 Å². The second kappa shape index (κ2) is 11.3. The number of rotatable bonds is 3. The van der Waals surface area contributed by atoms with E-state index in [1.165, 1.54) is 18.4 Å². The molecular weight excluding hydrogens is 138 g/mol. The highest BCUT2D eigenvalue weighted by molar-refractivity contribution is 5.15. The molecule has 0 heterocycles. The Bertz CT molecular complexity index is 174. The van der Waals surface area contributed by atoms with Crippen molar-refractivity contribution in [3.05, 3.63) is 37.1 Å².